The molecule has 0 aliphatic carbocycles. The van der Waals surface area contributed by atoms with Crippen LogP contribution in [0.15, 0.2) is 17.3 Å². The molecule has 0 radical (unpaired) electrons. The summed E-state index contributed by atoms with van der Waals surface area (Å²) in [6.45, 7) is 3.24. The summed E-state index contributed by atoms with van der Waals surface area (Å²) in [5, 5.41) is 10.3. The van der Waals surface area contributed by atoms with Gasteiger partial charge >= 0.3 is 0 Å². The van der Waals surface area contributed by atoms with Gasteiger partial charge in [-0.2, -0.15) is 0 Å². The minimum absolute atomic E-state index is 0.245. The Morgan fingerprint density at radius 3 is 2.81 bits per heavy atom. The maximum atomic E-state index is 6.41. The van der Waals surface area contributed by atoms with Crippen LogP contribution >= 0.6 is 23.4 Å². The van der Waals surface area contributed by atoms with E-state index >= 15 is 0 Å². The van der Waals surface area contributed by atoms with Crippen molar-refractivity contribution in [3.05, 3.63) is 28.5 Å². The Kier molecular flexibility index (Phi) is 5.77. The van der Waals surface area contributed by atoms with Crippen LogP contribution in [0.3, 0.4) is 0 Å². The number of thioether (sulfide) groups is 1. The number of halogens is 1. The average molecular weight is 411 g/mol. The maximum Gasteiger partial charge on any atom is 0.231 e. The van der Waals surface area contributed by atoms with Crippen LogP contribution in [-0.2, 0) is 24.4 Å². The van der Waals surface area contributed by atoms with Crippen LogP contribution in [0.25, 0.3) is 0 Å². The Morgan fingerprint density at radius 2 is 2.07 bits per heavy atom. The maximum absolute atomic E-state index is 6.41. The van der Waals surface area contributed by atoms with Crippen LogP contribution < -0.4 is 9.47 Å². The van der Waals surface area contributed by atoms with E-state index in [1.807, 2.05) is 25.4 Å². The molecule has 0 spiro atoms. The van der Waals surface area contributed by atoms with Gasteiger partial charge in [0.2, 0.25) is 6.79 Å². The van der Waals surface area contributed by atoms with Gasteiger partial charge < -0.3 is 18.8 Å². The highest BCUT2D eigenvalue weighted by Gasteiger charge is 2.22. The molecule has 1 atom stereocenters. The lowest BCUT2D eigenvalue weighted by Gasteiger charge is -2.19. The van der Waals surface area contributed by atoms with E-state index in [0.29, 0.717) is 23.9 Å². The lowest BCUT2D eigenvalue weighted by Crippen LogP contribution is -2.23. The summed E-state index contributed by atoms with van der Waals surface area (Å²) in [6.07, 6.45) is 4.49. The predicted molar refractivity (Wildman–Crippen MR) is 104 cm³/mol. The SMILES string of the molecule is CSc1nnc(CN(C)Cc2cc3c(cc2Cl)OCO3)n1C[C@@H]1CCCO1. The first-order chi connectivity index (χ1) is 13.1. The molecule has 0 saturated carbocycles. The fraction of sp³-hybridized carbons (Fsp3) is 0.556. The van der Waals surface area contributed by atoms with E-state index in [1.54, 1.807) is 11.8 Å². The molecule has 3 heterocycles. The molecule has 1 aromatic heterocycles. The number of rotatable bonds is 7. The highest BCUT2D eigenvalue weighted by atomic mass is 35.5. The molecule has 2 aliphatic rings. The molecular weight excluding hydrogens is 388 g/mol. The predicted octanol–water partition coefficient (Wildman–Crippen LogP) is 3.19. The number of ether oxygens (including phenoxy) is 3. The van der Waals surface area contributed by atoms with E-state index < -0.39 is 0 Å². The van der Waals surface area contributed by atoms with Crippen LogP contribution in [0, 0.1) is 0 Å². The molecule has 7 nitrogen and oxygen atoms in total. The molecular formula is C18H23ClN4O3S. The fourth-order valence-electron chi connectivity index (χ4n) is 3.43. The first kappa shape index (κ1) is 18.9. The van der Waals surface area contributed by atoms with Gasteiger partial charge in [0.1, 0.15) is 5.82 Å². The molecule has 27 heavy (non-hydrogen) atoms. The second-order valence-corrected chi connectivity index (χ2v) is 8.00. The topological polar surface area (TPSA) is 61.6 Å². The minimum Gasteiger partial charge on any atom is -0.454 e. The van der Waals surface area contributed by atoms with Gasteiger partial charge in [-0.25, -0.2) is 0 Å². The molecule has 0 bridgehead atoms. The van der Waals surface area contributed by atoms with E-state index in [1.165, 1.54) is 0 Å². The molecule has 4 rings (SSSR count). The monoisotopic (exact) mass is 410 g/mol. The number of aromatic nitrogens is 3. The van der Waals surface area contributed by atoms with Crippen molar-refractivity contribution in [3.8, 4) is 11.5 Å². The van der Waals surface area contributed by atoms with Crippen molar-refractivity contribution in [2.75, 3.05) is 26.7 Å². The smallest absolute Gasteiger partial charge is 0.231 e. The number of benzene rings is 1. The molecule has 0 amide bonds. The Hall–Kier alpha value is -1.48. The van der Waals surface area contributed by atoms with Crippen molar-refractivity contribution in [2.24, 2.45) is 0 Å². The van der Waals surface area contributed by atoms with Crippen molar-refractivity contribution in [1.29, 1.82) is 0 Å². The third kappa shape index (κ3) is 4.18. The van der Waals surface area contributed by atoms with E-state index in [9.17, 15) is 0 Å². The van der Waals surface area contributed by atoms with Gasteiger partial charge in [0.05, 0.1) is 19.2 Å². The highest BCUT2D eigenvalue weighted by molar-refractivity contribution is 7.98. The lowest BCUT2D eigenvalue weighted by molar-refractivity contribution is 0.0934. The van der Waals surface area contributed by atoms with Crippen LogP contribution in [-0.4, -0.2) is 52.5 Å². The zero-order chi connectivity index (χ0) is 18.8. The Balaban J connectivity index is 1.46. The van der Waals surface area contributed by atoms with Crippen LogP contribution in [0.1, 0.15) is 24.2 Å². The second-order valence-electron chi connectivity index (χ2n) is 6.82. The summed E-state index contributed by atoms with van der Waals surface area (Å²) in [5.74, 6) is 2.38. The van der Waals surface area contributed by atoms with Crippen molar-refractivity contribution >= 4 is 23.4 Å². The summed E-state index contributed by atoms with van der Waals surface area (Å²) in [6, 6.07) is 3.77. The van der Waals surface area contributed by atoms with Gasteiger partial charge in [0, 0.05) is 24.2 Å². The van der Waals surface area contributed by atoms with Gasteiger partial charge in [-0.15, -0.1) is 10.2 Å². The van der Waals surface area contributed by atoms with Crippen LogP contribution in [0.5, 0.6) is 11.5 Å². The molecule has 1 saturated heterocycles. The molecule has 0 unspecified atom stereocenters. The Labute approximate surface area is 167 Å². The summed E-state index contributed by atoms with van der Waals surface area (Å²) in [4.78, 5) is 2.17. The average Bonchev–Trinajstić information content (AvgIpc) is 3.38. The van der Waals surface area contributed by atoms with Crippen molar-refractivity contribution < 1.29 is 14.2 Å². The summed E-state index contributed by atoms with van der Waals surface area (Å²) < 4.78 is 18.8. The Bertz CT molecular complexity index is 810. The standard InChI is InChI=1S/C18H23ClN4O3S/c1-22(8-12-6-15-16(7-14(12)19)26-11-25-15)10-17-20-21-18(27-2)23(17)9-13-4-3-5-24-13/h6-7,13H,3-5,8-11H2,1-2H3/t13-/m0/s1. The quantitative estimate of drug-likeness (QED) is 0.649. The zero-order valence-corrected chi connectivity index (χ0v) is 17.1. The van der Waals surface area contributed by atoms with Gasteiger partial charge in [-0.1, -0.05) is 23.4 Å². The summed E-state index contributed by atoms with van der Waals surface area (Å²) in [7, 11) is 2.05. The van der Waals surface area contributed by atoms with Gasteiger partial charge in [0.15, 0.2) is 16.7 Å². The molecule has 1 fully saturated rings. The van der Waals surface area contributed by atoms with E-state index in [-0.39, 0.29) is 12.9 Å². The number of hydrogen-bond acceptors (Lipinski definition) is 7. The van der Waals surface area contributed by atoms with Crippen LogP contribution in [0.2, 0.25) is 5.02 Å². The molecule has 2 aliphatic heterocycles. The first-order valence-electron chi connectivity index (χ1n) is 8.98. The van der Waals surface area contributed by atoms with E-state index in [0.717, 1.165) is 48.3 Å². The van der Waals surface area contributed by atoms with E-state index in [2.05, 4.69) is 19.7 Å². The zero-order valence-electron chi connectivity index (χ0n) is 15.5. The third-order valence-electron chi connectivity index (χ3n) is 4.78. The Morgan fingerprint density at radius 1 is 1.26 bits per heavy atom. The molecule has 146 valence electrons. The fourth-order valence-corrected chi connectivity index (χ4v) is 4.17. The van der Waals surface area contributed by atoms with E-state index in [4.69, 9.17) is 25.8 Å². The summed E-state index contributed by atoms with van der Waals surface area (Å²) >= 11 is 8.02. The molecule has 0 N–H and O–H groups in total. The second kappa shape index (κ2) is 8.26. The van der Waals surface area contributed by atoms with Crippen molar-refractivity contribution in [2.45, 2.75) is 43.7 Å². The normalized spacial score (nSPS) is 18.6. The number of fused-ring (bicyclic) bond motifs is 1. The lowest BCUT2D eigenvalue weighted by atomic mass is 10.2. The molecule has 9 heteroatoms. The highest BCUT2D eigenvalue weighted by Crippen LogP contribution is 2.37. The van der Waals surface area contributed by atoms with Crippen LogP contribution in [0.4, 0.5) is 0 Å². The van der Waals surface area contributed by atoms with Gasteiger partial charge in [-0.3, -0.25) is 4.90 Å². The first-order valence-corrected chi connectivity index (χ1v) is 10.6. The summed E-state index contributed by atoms with van der Waals surface area (Å²) in [5.41, 5.74) is 0.999. The third-order valence-corrected chi connectivity index (χ3v) is 5.80. The van der Waals surface area contributed by atoms with Gasteiger partial charge in [0.25, 0.3) is 0 Å². The molecule has 2 aromatic rings. The minimum atomic E-state index is 0.245. The number of hydrogen-bond donors (Lipinski definition) is 0. The largest absolute Gasteiger partial charge is 0.454 e. The van der Waals surface area contributed by atoms with Crippen molar-refractivity contribution in [3.63, 3.8) is 0 Å². The van der Waals surface area contributed by atoms with Crippen molar-refractivity contribution in [1.82, 2.24) is 19.7 Å². The van der Waals surface area contributed by atoms with Gasteiger partial charge in [-0.05, 0) is 37.8 Å². The molecule has 1 aromatic carbocycles. The number of nitrogens with zero attached hydrogens (tertiary/aromatic N) is 4.